The molecule has 1 aliphatic heterocycles. The molecule has 0 radical (unpaired) electrons. The molecule has 3 aliphatic rings. The Morgan fingerprint density at radius 1 is 1.04 bits per heavy atom. The van der Waals surface area contributed by atoms with E-state index in [2.05, 4.69) is 20.4 Å². The maximum Gasteiger partial charge on any atom is 0.223 e. The summed E-state index contributed by atoms with van der Waals surface area (Å²) in [6, 6.07) is 4.24. The molecule has 2 aliphatic carbocycles. The lowest BCUT2D eigenvalue weighted by Crippen LogP contribution is -2.41. The Balaban J connectivity index is 1.26. The van der Waals surface area contributed by atoms with Gasteiger partial charge in [0.05, 0.1) is 0 Å². The Bertz CT molecular complexity index is 807. The monoisotopic (exact) mass is 354 g/mol. The topological polar surface area (TPSA) is 75.4 Å². The minimum Gasteiger partial charge on any atom is -0.353 e. The molecule has 3 fully saturated rings. The van der Waals surface area contributed by atoms with Crippen LogP contribution in [0.5, 0.6) is 0 Å². The second-order valence-corrected chi connectivity index (χ2v) is 8.07. The number of anilines is 1. The predicted octanol–water partition coefficient (Wildman–Crippen LogP) is 2.28. The van der Waals surface area contributed by atoms with Crippen molar-refractivity contribution in [2.75, 3.05) is 18.0 Å². The van der Waals surface area contributed by atoms with Crippen molar-refractivity contribution in [2.45, 2.75) is 63.3 Å². The Kier molecular flexibility index (Phi) is 4.02. The first-order valence-electron chi connectivity index (χ1n) is 10.1. The molecule has 26 heavy (non-hydrogen) atoms. The van der Waals surface area contributed by atoms with Crippen molar-refractivity contribution in [1.82, 2.24) is 25.1 Å². The van der Waals surface area contributed by atoms with E-state index in [1.54, 1.807) is 0 Å². The molecule has 1 saturated heterocycles. The zero-order chi connectivity index (χ0) is 17.5. The van der Waals surface area contributed by atoms with Crippen LogP contribution in [0, 0.1) is 5.92 Å². The summed E-state index contributed by atoms with van der Waals surface area (Å²) >= 11 is 0. The number of amides is 1. The molecule has 2 aromatic heterocycles. The highest BCUT2D eigenvalue weighted by molar-refractivity contribution is 5.79. The zero-order valence-electron chi connectivity index (χ0n) is 15.1. The van der Waals surface area contributed by atoms with Gasteiger partial charge in [-0.25, -0.2) is 0 Å². The maximum atomic E-state index is 12.5. The van der Waals surface area contributed by atoms with Gasteiger partial charge in [0.2, 0.25) is 5.91 Å². The molecule has 2 aromatic rings. The SMILES string of the molecule is O=C(NC1CCN(c2ccc3nnc(C4CC4)n3n2)C1)C1CCCCC1. The maximum absolute atomic E-state index is 12.5. The lowest BCUT2D eigenvalue weighted by atomic mass is 9.88. The molecule has 1 N–H and O–H groups in total. The molecule has 2 saturated carbocycles. The normalized spacial score (nSPS) is 24.3. The van der Waals surface area contributed by atoms with E-state index in [0.29, 0.717) is 5.92 Å². The van der Waals surface area contributed by atoms with E-state index in [1.165, 1.54) is 32.1 Å². The van der Waals surface area contributed by atoms with Gasteiger partial charge in [0, 0.05) is 31.0 Å². The Morgan fingerprint density at radius 3 is 2.69 bits per heavy atom. The highest BCUT2D eigenvalue weighted by atomic mass is 16.2. The van der Waals surface area contributed by atoms with Gasteiger partial charge in [0.15, 0.2) is 11.5 Å². The summed E-state index contributed by atoms with van der Waals surface area (Å²) < 4.78 is 1.90. The van der Waals surface area contributed by atoms with Crippen LogP contribution < -0.4 is 10.2 Å². The molecule has 0 aromatic carbocycles. The number of carbonyl (C=O) groups excluding carboxylic acids is 1. The van der Waals surface area contributed by atoms with Gasteiger partial charge < -0.3 is 10.2 Å². The van der Waals surface area contributed by atoms with Crippen molar-refractivity contribution in [2.24, 2.45) is 5.92 Å². The van der Waals surface area contributed by atoms with Crippen LogP contribution in [0.3, 0.4) is 0 Å². The van der Waals surface area contributed by atoms with Gasteiger partial charge in [-0.3, -0.25) is 4.79 Å². The lowest BCUT2D eigenvalue weighted by molar-refractivity contribution is -0.126. The number of fused-ring (bicyclic) bond motifs is 1. The van der Waals surface area contributed by atoms with E-state index in [4.69, 9.17) is 5.10 Å². The Morgan fingerprint density at radius 2 is 1.88 bits per heavy atom. The quantitative estimate of drug-likeness (QED) is 0.912. The highest BCUT2D eigenvalue weighted by Gasteiger charge is 2.31. The van der Waals surface area contributed by atoms with Crippen molar-refractivity contribution < 1.29 is 4.79 Å². The summed E-state index contributed by atoms with van der Waals surface area (Å²) in [4.78, 5) is 14.8. The van der Waals surface area contributed by atoms with Gasteiger partial charge in [0.25, 0.3) is 0 Å². The molecular weight excluding hydrogens is 328 g/mol. The van der Waals surface area contributed by atoms with Crippen LogP contribution in [0.1, 0.15) is 63.1 Å². The molecule has 1 amide bonds. The van der Waals surface area contributed by atoms with E-state index in [1.807, 2.05) is 16.6 Å². The number of hydrogen-bond acceptors (Lipinski definition) is 5. The van der Waals surface area contributed by atoms with Crippen molar-refractivity contribution in [3.8, 4) is 0 Å². The van der Waals surface area contributed by atoms with Gasteiger partial charge >= 0.3 is 0 Å². The molecule has 138 valence electrons. The van der Waals surface area contributed by atoms with E-state index in [0.717, 1.165) is 49.6 Å². The largest absolute Gasteiger partial charge is 0.353 e. The smallest absolute Gasteiger partial charge is 0.223 e. The van der Waals surface area contributed by atoms with E-state index in [9.17, 15) is 4.79 Å². The van der Waals surface area contributed by atoms with Crippen LogP contribution >= 0.6 is 0 Å². The third-order valence-electron chi connectivity index (χ3n) is 6.05. The van der Waals surface area contributed by atoms with E-state index < -0.39 is 0 Å². The fourth-order valence-corrected chi connectivity index (χ4v) is 4.33. The van der Waals surface area contributed by atoms with E-state index >= 15 is 0 Å². The number of carbonyl (C=O) groups is 1. The fourth-order valence-electron chi connectivity index (χ4n) is 4.33. The third-order valence-corrected chi connectivity index (χ3v) is 6.05. The molecule has 5 rings (SSSR count). The van der Waals surface area contributed by atoms with Crippen LogP contribution in [0.4, 0.5) is 5.82 Å². The summed E-state index contributed by atoms with van der Waals surface area (Å²) in [5.74, 6) is 2.95. The number of nitrogens with one attached hydrogen (secondary N) is 1. The van der Waals surface area contributed by atoms with Gasteiger partial charge in [0.1, 0.15) is 5.82 Å². The van der Waals surface area contributed by atoms with Crippen molar-refractivity contribution in [1.29, 1.82) is 0 Å². The summed E-state index contributed by atoms with van der Waals surface area (Å²) in [6.45, 7) is 1.76. The molecule has 0 bridgehead atoms. The molecule has 3 heterocycles. The highest BCUT2D eigenvalue weighted by Crippen LogP contribution is 2.38. The Labute approximate surface area is 153 Å². The second-order valence-electron chi connectivity index (χ2n) is 8.07. The standard InChI is InChI=1S/C19H26N6O/c26-19(14-4-2-1-3-5-14)20-15-10-11-24(12-15)17-9-8-16-21-22-18(13-6-7-13)25(16)23-17/h8-9,13-15H,1-7,10-12H2,(H,20,26). The summed E-state index contributed by atoms with van der Waals surface area (Å²) in [6.07, 6.45) is 9.13. The summed E-state index contributed by atoms with van der Waals surface area (Å²) in [5.41, 5.74) is 0.817. The molecule has 1 atom stereocenters. The van der Waals surface area contributed by atoms with Gasteiger partial charge in [-0.2, -0.15) is 4.52 Å². The Hall–Kier alpha value is -2.18. The first kappa shape index (κ1) is 16.0. The molecule has 1 unspecified atom stereocenters. The summed E-state index contributed by atoms with van der Waals surface area (Å²) in [5, 5.41) is 16.6. The van der Waals surface area contributed by atoms with Crippen LogP contribution in [0.15, 0.2) is 12.1 Å². The number of hydrogen-bond donors (Lipinski definition) is 1. The van der Waals surface area contributed by atoms with Crippen molar-refractivity contribution in [3.05, 3.63) is 18.0 Å². The number of nitrogens with zero attached hydrogens (tertiary/aromatic N) is 5. The van der Waals surface area contributed by atoms with Crippen LogP contribution in [0.2, 0.25) is 0 Å². The zero-order valence-corrected chi connectivity index (χ0v) is 15.1. The number of rotatable bonds is 4. The lowest BCUT2D eigenvalue weighted by Gasteiger charge is -2.23. The van der Waals surface area contributed by atoms with Crippen molar-refractivity contribution in [3.63, 3.8) is 0 Å². The molecular formula is C19H26N6O. The van der Waals surface area contributed by atoms with Crippen LogP contribution in [-0.4, -0.2) is 44.8 Å². The summed E-state index contributed by atoms with van der Waals surface area (Å²) in [7, 11) is 0. The van der Waals surface area contributed by atoms with Gasteiger partial charge in [-0.1, -0.05) is 19.3 Å². The van der Waals surface area contributed by atoms with Gasteiger partial charge in [-0.05, 0) is 44.2 Å². The molecule has 0 spiro atoms. The fraction of sp³-hybridized carbons (Fsp3) is 0.684. The third kappa shape index (κ3) is 3.04. The minimum absolute atomic E-state index is 0.227. The minimum atomic E-state index is 0.227. The first-order valence-corrected chi connectivity index (χ1v) is 10.1. The predicted molar refractivity (Wildman–Crippen MR) is 98.1 cm³/mol. The average Bonchev–Trinajstić information content (AvgIpc) is 3.26. The molecule has 7 heteroatoms. The van der Waals surface area contributed by atoms with E-state index in [-0.39, 0.29) is 17.9 Å². The van der Waals surface area contributed by atoms with Crippen LogP contribution in [0.25, 0.3) is 5.65 Å². The van der Waals surface area contributed by atoms with Crippen molar-refractivity contribution >= 4 is 17.4 Å². The average molecular weight is 354 g/mol. The number of aromatic nitrogens is 4. The van der Waals surface area contributed by atoms with Crippen LogP contribution in [-0.2, 0) is 4.79 Å². The molecule has 7 nitrogen and oxygen atoms in total. The first-order chi connectivity index (χ1) is 12.8. The van der Waals surface area contributed by atoms with Gasteiger partial charge in [-0.15, -0.1) is 15.3 Å². The second kappa shape index (κ2) is 6.52.